The summed E-state index contributed by atoms with van der Waals surface area (Å²) in [4.78, 5) is 11.2. The molecule has 0 aliphatic rings. The van der Waals surface area contributed by atoms with Crippen LogP contribution in [0, 0.1) is 0 Å². The molecule has 3 rings (SSSR count). The lowest BCUT2D eigenvalue weighted by molar-refractivity contribution is 0.432. The van der Waals surface area contributed by atoms with Crippen LogP contribution in [0.3, 0.4) is 0 Å². The molecule has 0 saturated carbocycles. The molecular formula is C11H9N5O. The summed E-state index contributed by atoms with van der Waals surface area (Å²) >= 11 is 0. The van der Waals surface area contributed by atoms with Crippen molar-refractivity contribution in [2.24, 2.45) is 0 Å². The predicted octanol–water partition coefficient (Wildman–Crippen LogP) is 1.71. The van der Waals surface area contributed by atoms with Gasteiger partial charge in [-0.1, -0.05) is 17.3 Å². The number of rotatable bonds is 2. The van der Waals surface area contributed by atoms with Gasteiger partial charge in [-0.2, -0.15) is 4.98 Å². The van der Waals surface area contributed by atoms with Crippen molar-refractivity contribution < 1.29 is 4.52 Å². The molecule has 0 amide bonds. The Morgan fingerprint density at radius 1 is 1.24 bits per heavy atom. The lowest BCUT2D eigenvalue weighted by Crippen LogP contribution is -1.89. The van der Waals surface area contributed by atoms with Crippen LogP contribution in [0.4, 0.5) is 5.69 Å². The molecule has 0 aliphatic heterocycles. The van der Waals surface area contributed by atoms with Gasteiger partial charge in [0.15, 0.2) is 5.82 Å². The number of aromatic amines is 1. The highest BCUT2D eigenvalue weighted by molar-refractivity contribution is 5.70. The molecule has 84 valence electrons. The first-order chi connectivity index (χ1) is 8.34. The maximum Gasteiger partial charge on any atom is 0.260 e. The molecule has 6 heteroatoms. The Morgan fingerprint density at radius 2 is 2.12 bits per heavy atom. The van der Waals surface area contributed by atoms with E-state index in [0.29, 0.717) is 23.2 Å². The summed E-state index contributed by atoms with van der Waals surface area (Å²) in [5.74, 6) is 1.36. The quantitative estimate of drug-likeness (QED) is 0.650. The number of anilines is 1. The first-order valence-corrected chi connectivity index (χ1v) is 5.03. The van der Waals surface area contributed by atoms with E-state index < -0.39 is 0 Å². The van der Waals surface area contributed by atoms with E-state index in [4.69, 9.17) is 10.3 Å². The summed E-state index contributed by atoms with van der Waals surface area (Å²) in [6.45, 7) is 0. The summed E-state index contributed by atoms with van der Waals surface area (Å²) in [6, 6.07) is 7.33. The van der Waals surface area contributed by atoms with Crippen LogP contribution >= 0.6 is 0 Å². The Morgan fingerprint density at radius 3 is 2.88 bits per heavy atom. The third-order valence-electron chi connectivity index (χ3n) is 2.33. The number of nitrogens with two attached hydrogens (primary N) is 1. The zero-order valence-electron chi connectivity index (χ0n) is 8.79. The van der Waals surface area contributed by atoms with Gasteiger partial charge in [-0.3, -0.25) is 0 Å². The van der Waals surface area contributed by atoms with Crippen molar-refractivity contribution in [2.75, 3.05) is 5.73 Å². The van der Waals surface area contributed by atoms with E-state index in [0.717, 1.165) is 5.56 Å². The van der Waals surface area contributed by atoms with Crippen LogP contribution in [0.25, 0.3) is 23.1 Å². The van der Waals surface area contributed by atoms with Crippen LogP contribution in [0.15, 0.2) is 41.2 Å². The number of para-hydroxylation sites is 1. The van der Waals surface area contributed by atoms with Gasteiger partial charge in [0, 0.05) is 18.1 Å². The number of H-pyrrole nitrogens is 1. The van der Waals surface area contributed by atoms with Crippen LogP contribution in [0.5, 0.6) is 0 Å². The molecule has 0 atom stereocenters. The molecule has 0 radical (unpaired) electrons. The monoisotopic (exact) mass is 227 g/mol. The Hall–Kier alpha value is -2.63. The number of nitrogens with zero attached hydrogens (tertiary/aromatic N) is 3. The predicted molar refractivity (Wildman–Crippen MR) is 61.7 cm³/mol. The zero-order chi connectivity index (χ0) is 11.7. The second-order valence-corrected chi connectivity index (χ2v) is 3.45. The molecule has 6 nitrogen and oxygen atoms in total. The molecule has 3 N–H and O–H groups in total. The minimum absolute atomic E-state index is 0.384. The number of hydrogen-bond donors (Lipinski definition) is 2. The fraction of sp³-hybridized carbons (Fsp3) is 0. The fourth-order valence-electron chi connectivity index (χ4n) is 1.51. The average molecular weight is 227 g/mol. The molecule has 17 heavy (non-hydrogen) atoms. The van der Waals surface area contributed by atoms with Gasteiger partial charge in [0.05, 0.1) is 5.56 Å². The smallest absolute Gasteiger partial charge is 0.260 e. The minimum Gasteiger partial charge on any atom is -0.398 e. The molecule has 0 saturated heterocycles. The number of nitrogen functional groups attached to an aromatic ring is 1. The Balaban J connectivity index is 2.04. The molecule has 0 aliphatic carbocycles. The first kappa shape index (κ1) is 9.59. The highest BCUT2D eigenvalue weighted by Gasteiger charge is 2.13. The molecule has 1 aromatic carbocycles. The van der Waals surface area contributed by atoms with E-state index in [9.17, 15) is 0 Å². The number of imidazole rings is 1. The van der Waals surface area contributed by atoms with E-state index in [-0.39, 0.29) is 0 Å². The van der Waals surface area contributed by atoms with Gasteiger partial charge in [0.2, 0.25) is 5.82 Å². The van der Waals surface area contributed by atoms with E-state index in [2.05, 4.69) is 20.1 Å². The normalized spacial score (nSPS) is 10.6. The van der Waals surface area contributed by atoms with Crippen LogP contribution in [0.1, 0.15) is 0 Å². The summed E-state index contributed by atoms with van der Waals surface area (Å²) in [5.41, 5.74) is 7.15. The summed E-state index contributed by atoms with van der Waals surface area (Å²) in [7, 11) is 0. The summed E-state index contributed by atoms with van der Waals surface area (Å²) in [5, 5.41) is 3.84. The molecule has 2 aromatic heterocycles. The van der Waals surface area contributed by atoms with Gasteiger partial charge >= 0.3 is 0 Å². The van der Waals surface area contributed by atoms with Crippen molar-refractivity contribution in [3.05, 3.63) is 36.7 Å². The number of hydrogen-bond acceptors (Lipinski definition) is 5. The van der Waals surface area contributed by atoms with Crippen molar-refractivity contribution in [2.45, 2.75) is 0 Å². The van der Waals surface area contributed by atoms with Crippen molar-refractivity contribution in [3.63, 3.8) is 0 Å². The van der Waals surface area contributed by atoms with E-state index in [1.807, 2.05) is 18.2 Å². The molecule has 2 heterocycles. The maximum atomic E-state index is 5.83. The lowest BCUT2D eigenvalue weighted by atomic mass is 10.2. The summed E-state index contributed by atoms with van der Waals surface area (Å²) in [6.07, 6.45) is 3.32. The molecule has 0 spiro atoms. The Labute approximate surface area is 96.5 Å². The third-order valence-corrected chi connectivity index (χ3v) is 2.33. The molecule has 0 bridgehead atoms. The third kappa shape index (κ3) is 1.65. The second-order valence-electron chi connectivity index (χ2n) is 3.45. The van der Waals surface area contributed by atoms with Crippen LogP contribution in [-0.2, 0) is 0 Å². The number of aromatic nitrogens is 4. The van der Waals surface area contributed by atoms with Crippen molar-refractivity contribution in [1.29, 1.82) is 0 Å². The van der Waals surface area contributed by atoms with Crippen molar-refractivity contribution >= 4 is 5.69 Å². The fourth-order valence-corrected chi connectivity index (χ4v) is 1.51. The molecule has 0 fully saturated rings. The molecule has 3 aromatic rings. The molecule has 0 unspecified atom stereocenters. The Kier molecular flexibility index (Phi) is 2.11. The van der Waals surface area contributed by atoms with Gasteiger partial charge in [0.25, 0.3) is 5.89 Å². The van der Waals surface area contributed by atoms with Crippen LogP contribution in [0.2, 0.25) is 0 Å². The van der Waals surface area contributed by atoms with Crippen LogP contribution in [-0.4, -0.2) is 20.1 Å². The van der Waals surface area contributed by atoms with Gasteiger partial charge in [-0.25, -0.2) is 4.98 Å². The standard InChI is InChI=1S/C11H9N5O/c12-8-4-2-1-3-7(8)11-15-10(16-17-11)9-13-5-6-14-9/h1-6H,12H2,(H,13,14). The highest BCUT2D eigenvalue weighted by Crippen LogP contribution is 2.25. The molecular weight excluding hydrogens is 218 g/mol. The number of nitrogens with one attached hydrogen (secondary N) is 1. The van der Waals surface area contributed by atoms with Gasteiger partial charge in [-0.15, -0.1) is 0 Å². The largest absolute Gasteiger partial charge is 0.398 e. The highest BCUT2D eigenvalue weighted by atomic mass is 16.5. The zero-order valence-corrected chi connectivity index (χ0v) is 8.79. The van der Waals surface area contributed by atoms with Crippen molar-refractivity contribution in [1.82, 2.24) is 20.1 Å². The second kappa shape index (κ2) is 3.75. The van der Waals surface area contributed by atoms with Gasteiger partial charge in [0.1, 0.15) is 0 Å². The van der Waals surface area contributed by atoms with Gasteiger partial charge < -0.3 is 15.2 Å². The maximum absolute atomic E-state index is 5.83. The SMILES string of the molecule is Nc1ccccc1-c1nc(-c2ncc[nH]2)no1. The first-order valence-electron chi connectivity index (χ1n) is 5.03. The minimum atomic E-state index is 0.384. The van der Waals surface area contributed by atoms with Crippen molar-refractivity contribution in [3.8, 4) is 23.1 Å². The van der Waals surface area contributed by atoms with Crippen LogP contribution < -0.4 is 5.73 Å². The average Bonchev–Trinajstić information content (AvgIpc) is 3.00. The van der Waals surface area contributed by atoms with E-state index in [1.165, 1.54) is 0 Å². The number of benzene rings is 1. The van der Waals surface area contributed by atoms with Gasteiger partial charge in [-0.05, 0) is 12.1 Å². The van der Waals surface area contributed by atoms with E-state index in [1.54, 1.807) is 18.5 Å². The lowest BCUT2D eigenvalue weighted by Gasteiger charge is -1.97. The Bertz CT molecular complexity index is 629. The summed E-state index contributed by atoms with van der Waals surface area (Å²) < 4.78 is 5.15. The topological polar surface area (TPSA) is 93.6 Å². The van der Waals surface area contributed by atoms with E-state index >= 15 is 0 Å².